The van der Waals surface area contributed by atoms with Gasteiger partial charge in [0, 0.05) is 22.6 Å². The van der Waals surface area contributed by atoms with Gasteiger partial charge < -0.3 is 10.2 Å². The first kappa shape index (κ1) is 29.9. The molecule has 1 saturated carbocycles. The van der Waals surface area contributed by atoms with Gasteiger partial charge in [0.05, 0.1) is 10.6 Å². The fourth-order valence-electron chi connectivity index (χ4n) is 4.89. The Labute approximate surface area is 246 Å². The molecule has 10 heteroatoms. The van der Waals surface area contributed by atoms with Crippen LogP contribution in [0.3, 0.4) is 0 Å². The van der Waals surface area contributed by atoms with Crippen molar-refractivity contribution in [1.82, 2.24) is 10.2 Å². The maximum Gasteiger partial charge on any atom is 0.264 e. The van der Waals surface area contributed by atoms with E-state index in [1.54, 1.807) is 74.5 Å². The van der Waals surface area contributed by atoms with Gasteiger partial charge in [-0.2, -0.15) is 0 Å². The fourth-order valence-corrected chi connectivity index (χ4v) is 6.75. The predicted molar refractivity (Wildman–Crippen MR) is 159 cm³/mol. The van der Waals surface area contributed by atoms with Crippen LogP contribution in [-0.2, 0) is 26.2 Å². The number of nitrogens with one attached hydrogen (secondary N) is 1. The van der Waals surface area contributed by atoms with Crippen molar-refractivity contribution in [3.63, 3.8) is 0 Å². The molecule has 0 aromatic heterocycles. The second-order valence-electron chi connectivity index (χ2n) is 10.1. The third kappa shape index (κ3) is 7.16. The molecule has 3 aromatic carbocycles. The molecule has 0 aliphatic heterocycles. The van der Waals surface area contributed by atoms with Crippen LogP contribution in [0.4, 0.5) is 5.69 Å². The maximum absolute atomic E-state index is 14.0. The summed E-state index contributed by atoms with van der Waals surface area (Å²) in [5, 5.41) is 4.06. The summed E-state index contributed by atoms with van der Waals surface area (Å²) in [4.78, 5) is 28.8. The minimum Gasteiger partial charge on any atom is -0.352 e. The van der Waals surface area contributed by atoms with Crippen LogP contribution in [0, 0.1) is 6.92 Å². The topological polar surface area (TPSA) is 86.8 Å². The van der Waals surface area contributed by atoms with Crippen molar-refractivity contribution in [2.75, 3.05) is 10.8 Å². The van der Waals surface area contributed by atoms with Crippen LogP contribution in [0.2, 0.25) is 10.0 Å². The Bertz CT molecular complexity index is 1440. The highest BCUT2D eigenvalue weighted by atomic mass is 35.5. The molecule has 4 rings (SSSR count). The van der Waals surface area contributed by atoms with Gasteiger partial charge in [0.25, 0.3) is 10.0 Å². The first-order valence-corrected chi connectivity index (χ1v) is 15.4. The van der Waals surface area contributed by atoms with Crippen molar-refractivity contribution in [2.45, 2.75) is 63.1 Å². The summed E-state index contributed by atoms with van der Waals surface area (Å²) in [6.07, 6.45) is 3.92. The molecule has 0 bridgehead atoms. The lowest BCUT2D eigenvalue weighted by Gasteiger charge is -2.33. The second kappa shape index (κ2) is 13.1. The Morgan fingerprint density at radius 3 is 2.20 bits per heavy atom. The minimum absolute atomic E-state index is 0.0495. The minimum atomic E-state index is -4.14. The average Bonchev–Trinajstić information content (AvgIpc) is 3.45. The van der Waals surface area contributed by atoms with E-state index < -0.39 is 28.5 Å². The van der Waals surface area contributed by atoms with Crippen molar-refractivity contribution in [2.24, 2.45) is 0 Å². The molecule has 1 fully saturated rings. The lowest BCUT2D eigenvalue weighted by molar-refractivity contribution is -0.139. The molecule has 7 nitrogen and oxygen atoms in total. The third-order valence-electron chi connectivity index (χ3n) is 7.17. The van der Waals surface area contributed by atoms with Gasteiger partial charge in [0.1, 0.15) is 12.6 Å². The lowest BCUT2D eigenvalue weighted by atomic mass is 10.1. The Balaban J connectivity index is 1.70. The summed E-state index contributed by atoms with van der Waals surface area (Å²) in [5.41, 5.74) is 1.69. The molecule has 0 heterocycles. The maximum atomic E-state index is 14.0. The molecule has 1 atom stereocenters. The number of amides is 2. The zero-order valence-corrected chi connectivity index (χ0v) is 24.8. The van der Waals surface area contributed by atoms with E-state index >= 15 is 0 Å². The fraction of sp³-hybridized carbons (Fsp3) is 0.333. The number of carbonyl (C=O) groups is 2. The summed E-state index contributed by atoms with van der Waals surface area (Å²) in [5.74, 6) is -0.785. The van der Waals surface area contributed by atoms with Gasteiger partial charge in [-0.1, -0.05) is 66.4 Å². The number of sulfonamides is 1. The zero-order valence-electron chi connectivity index (χ0n) is 22.5. The molecule has 1 aliphatic rings. The lowest BCUT2D eigenvalue weighted by Crippen LogP contribution is -2.52. The van der Waals surface area contributed by atoms with Crippen LogP contribution in [0.15, 0.2) is 77.7 Å². The number of nitrogens with zero attached hydrogens (tertiary/aromatic N) is 2. The van der Waals surface area contributed by atoms with E-state index in [4.69, 9.17) is 23.2 Å². The number of benzene rings is 3. The Morgan fingerprint density at radius 1 is 0.950 bits per heavy atom. The van der Waals surface area contributed by atoms with Gasteiger partial charge in [0.15, 0.2) is 0 Å². The van der Waals surface area contributed by atoms with Crippen molar-refractivity contribution in [3.05, 3.63) is 94.0 Å². The van der Waals surface area contributed by atoms with Gasteiger partial charge >= 0.3 is 0 Å². The van der Waals surface area contributed by atoms with Gasteiger partial charge in [-0.05, 0) is 80.3 Å². The number of carbonyl (C=O) groups excluding carboxylic acids is 2. The SMILES string of the molecule is Cc1cc(Cl)ccc1N(CC(=O)N(Cc1ccc(Cl)cc1)[C@@H](C)C(=O)NC1CCCC1)S(=O)(=O)c1ccccc1. The number of halogens is 2. The van der Waals surface area contributed by atoms with Crippen LogP contribution >= 0.6 is 23.2 Å². The Hall–Kier alpha value is -3.07. The van der Waals surface area contributed by atoms with Crippen LogP contribution in [0.1, 0.15) is 43.7 Å². The normalized spacial score (nSPS) is 14.5. The third-order valence-corrected chi connectivity index (χ3v) is 9.43. The molecule has 0 radical (unpaired) electrons. The molecule has 1 aliphatic carbocycles. The molecule has 2 amide bonds. The van der Waals surface area contributed by atoms with Gasteiger partial charge in [0.2, 0.25) is 11.8 Å². The monoisotopic (exact) mass is 601 g/mol. The van der Waals surface area contributed by atoms with Crippen molar-refractivity contribution in [3.8, 4) is 0 Å². The van der Waals surface area contributed by atoms with Crippen molar-refractivity contribution >= 4 is 50.7 Å². The van der Waals surface area contributed by atoms with E-state index in [0.29, 0.717) is 21.3 Å². The van der Waals surface area contributed by atoms with Crippen LogP contribution in [-0.4, -0.2) is 43.8 Å². The summed E-state index contributed by atoms with van der Waals surface area (Å²) in [6.45, 7) is 3.01. The summed E-state index contributed by atoms with van der Waals surface area (Å²) < 4.78 is 28.9. The molecule has 212 valence electrons. The molecule has 0 saturated heterocycles. The first-order chi connectivity index (χ1) is 19.1. The Morgan fingerprint density at radius 2 is 1.57 bits per heavy atom. The zero-order chi connectivity index (χ0) is 28.9. The number of anilines is 1. The second-order valence-corrected chi connectivity index (χ2v) is 12.8. The highest BCUT2D eigenvalue weighted by Gasteiger charge is 2.33. The average molecular weight is 603 g/mol. The quantitative estimate of drug-likeness (QED) is 0.310. The number of hydrogen-bond acceptors (Lipinski definition) is 4. The van der Waals surface area contributed by atoms with Gasteiger partial charge in [-0.25, -0.2) is 8.42 Å². The first-order valence-electron chi connectivity index (χ1n) is 13.2. The molecule has 40 heavy (non-hydrogen) atoms. The molecule has 1 N–H and O–H groups in total. The van der Waals surface area contributed by atoms with Crippen LogP contribution in [0.5, 0.6) is 0 Å². The summed E-state index contributed by atoms with van der Waals surface area (Å²) in [7, 11) is -4.14. The van der Waals surface area contributed by atoms with Crippen LogP contribution < -0.4 is 9.62 Å². The molecule has 3 aromatic rings. The van der Waals surface area contributed by atoms with E-state index in [-0.39, 0.29) is 23.4 Å². The van der Waals surface area contributed by atoms with E-state index in [1.807, 2.05) is 0 Å². The molecule has 0 spiro atoms. The standard InChI is InChI=1S/C30H33Cl2N3O4S/c1-21-18-25(32)16-17-28(21)35(40(38,39)27-10-4-3-5-11-27)20-29(36)34(19-23-12-14-24(31)15-13-23)22(2)30(37)33-26-8-6-7-9-26/h3-5,10-18,22,26H,6-9,19-20H2,1-2H3,(H,33,37)/t22-/m0/s1. The smallest absolute Gasteiger partial charge is 0.264 e. The van der Waals surface area contributed by atoms with Crippen molar-refractivity contribution in [1.29, 1.82) is 0 Å². The highest BCUT2D eigenvalue weighted by Crippen LogP contribution is 2.29. The Kier molecular flexibility index (Phi) is 9.77. The number of aryl methyl sites for hydroxylation is 1. The number of hydrogen-bond donors (Lipinski definition) is 1. The van der Waals surface area contributed by atoms with Gasteiger partial charge in [-0.15, -0.1) is 0 Å². The van der Waals surface area contributed by atoms with Crippen molar-refractivity contribution < 1.29 is 18.0 Å². The van der Waals surface area contributed by atoms with E-state index in [9.17, 15) is 18.0 Å². The molecule has 0 unspecified atom stereocenters. The highest BCUT2D eigenvalue weighted by molar-refractivity contribution is 7.92. The predicted octanol–water partition coefficient (Wildman–Crippen LogP) is 5.97. The largest absolute Gasteiger partial charge is 0.352 e. The van der Waals surface area contributed by atoms with Gasteiger partial charge in [-0.3, -0.25) is 13.9 Å². The number of rotatable bonds is 10. The van der Waals surface area contributed by atoms with E-state index in [0.717, 1.165) is 35.6 Å². The van der Waals surface area contributed by atoms with E-state index in [1.165, 1.54) is 17.0 Å². The molecular weight excluding hydrogens is 569 g/mol. The summed E-state index contributed by atoms with van der Waals surface area (Å²) in [6, 6.07) is 19.0. The molecular formula is C30H33Cl2N3O4S. The van der Waals surface area contributed by atoms with Crippen LogP contribution in [0.25, 0.3) is 0 Å². The van der Waals surface area contributed by atoms with E-state index in [2.05, 4.69) is 5.32 Å². The summed E-state index contributed by atoms with van der Waals surface area (Å²) >= 11 is 12.2.